The fourth-order valence-corrected chi connectivity index (χ4v) is 1.43. The Morgan fingerprint density at radius 1 is 1.11 bits per heavy atom. The van der Waals surface area contributed by atoms with Gasteiger partial charge in [0.2, 0.25) is 0 Å². The van der Waals surface area contributed by atoms with Crippen molar-refractivity contribution in [1.29, 1.82) is 0 Å². The lowest BCUT2D eigenvalue weighted by Gasteiger charge is -2.20. The molecule has 0 heterocycles. The Morgan fingerprint density at radius 2 is 1.56 bits per heavy atom. The summed E-state index contributed by atoms with van der Waals surface area (Å²) in [6.07, 6.45) is 0. The third-order valence-corrected chi connectivity index (χ3v) is 3.55. The highest BCUT2D eigenvalue weighted by molar-refractivity contribution is 7.85. The lowest BCUT2D eigenvalue weighted by molar-refractivity contribution is -0.868. The quantitative estimate of drug-likeness (QED) is 0.611. The Bertz CT molecular complexity index is 487. The zero-order valence-electron chi connectivity index (χ0n) is 12.0. The van der Waals surface area contributed by atoms with Gasteiger partial charge in [0.15, 0.2) is 0 Å². The van der Waals surface area contributed by atoms with E-state index < -0.39 is 10.1 Å². The molecule has 1 rings (SSSR count). The molecule has 0 radical (unpaired) electrons. The summed E-state index contributed by atoms with van der Waals surface area (Å²) in [5.74, 6) is 0. The van der Waals surface area contributed by atoms with Crippen LogP contribution in [0.2, 0.25) is 0 Å². The first-order valence-corrected chi connectivity index (χ1v) is 7.22. The number of quaternary nitrogens is 1. The molecule has 0 aromatic heterocycles. The maximum absolute atomic E-state index is 10.5. The van der Waals surface area contributed by atoms with E-state index >= 15 is 0 Å². The van der Waals surface area contributed by atoms with Crippen LogP contribution < -0.4 is 0 Å². The zero-order valence-corrected chi connectivity index (χ0v) is 12.8. The molecule has 18 heavy (non-hydrogen) atoms. The van der Waals surface area contributed by atoms with Crippen LogP contribution in [0.4, 0.5) is 0 Å². The van der Waals surface area contributed by atoms with E-state index in [9.17, 15) is 13.0 Å². The Morgan fingerprint density at radius 3 is 1.83 bits per heavy atom. The second-order valence-corrected chi connectivity index (χ2v) is 6.69. The van der Waals surface area contributed by atoms with Crippen LogP contribution >= 0.6 is 0 Å². The number of aryl methyl sites for hydroxylation is 2. The highest BCUT2D eigenvalue weighted by Gasteiger charge is 2.01. The van der Waals surface area contributed by atoms with Gasteiger partial charge in [-0.2, -0.15) is 0 Å². The normalized spacial score (nSPS) is 11.7. The number of hydrogen-bond donors (Lipinski definition) is 0. The molecule has 104 valence electrons. The van der Waals surface area contributed by atoms with Crippen LogP contribution in [0, 0.1) is 13.8 Å². The predicted octanol–water partition coefficient (Wildman–Crippen LogP) is 1.92. The van der Waals surface area contributed by atoms with E-state index in [4.69, 9.17) is 0 Å². The van der Waals surface area contributed by atoms with Gasteiger partial charge in [-0.25, -0.2) is 8.42 Å². The second kappa shape index (κ2) is 6.31. The van der Waals surface area contributed by atoms with E-state index in [1.807, 2.05) is 6.92 Å². The highest BCUT2D eigenvalue weighted by Crippen LogP contribution is 2.13. The van der Waals surface area contributed by atoms with Crippen molar-refractivity contribution in [3.63, 3.8) is 0 Å². The van der Waals surface area contributed by atoms with Crippen LogP contribution in [0.3, 0.4) is 0 Å². The maximum atomic E-state index is 10.5. The van der Waals surface area contributed by atoms with E-state index in [-0.39, 0.29) is 4.90 Å². The highest BCUT2D eigenvalue weighted by atomic mass is 32.2. The fourth-order valence-electron chi connectivity index (χ4n) is 0.869. The van der Waals surface area contributed by atoms with Gasteiger partial charge in [0, 0.05) is 0 Å². The molecule has 5 heteroatoms. The fraction of sp³-hybridized carbons (Fsp3) is 0.538. The SMILES string of the molecule is CC[N+](C)(C)C.Cc1ccc(S(=O)(=O)[O-])cc1C. The molecule has 0 bridgehead atoms. The van der Waals surface area contributed by atoms with Crippen LogP contribution in [-0.2, 0) is 10.1 Å². The van der Waals surface area contributed by atoms with Crippen molar-refractivity contribution in [2.75, 3.05) is 27.7 Å². The Balaban J connectivity index is 0.000000411. The molecular weight excluding hydrogens is 250 g/mol. The van der Waals surface area contributed by atoms with Gasteiger partial charge in [0.05, 0.1) is 32.6 Å². The molecule has 0 aliphatic heterocycles. The van der Waals surface area contributed by atoms with Crippen molar-refractivity contribution in [3.8, 4) is 0 Å². The summed E-state index contributed by atoms with van der Waals surface area (Å²) in [7, 11) is 2.25. The second-order valence-electron chi connectivity index (χ2n) is 5.31. The summed E-state index contributed by atoms with van der Waals surface area (Å²) in [5, 5.41) is 0. The molecule has 1 aromatic rings. The standard InChI is InChI=1S/C8H10O3S.C5H14N/c1-6-3-4-8(5-7(6)2)12(9,10)11;1-5-6(2,3)4/h3-5H,1-2H3,(H,9,10,11);5H2,1-4H3/q;+1/p-1. The minimum Gasteiger partial charge on any atom is -0.744 e. The average molecular weight is 273 g/mol. The first-order valence-electron chi connectivity index (χ1n) is 5.81. The van der Waals surface area contributed by atoms with Crippen LogP contribution in [0.5, 0.6) is 0 Å². The van der Waals surface area contributed by atoms with Crippen molar-refractivity contribution in [1.82, 2.24) is 0 Å². The molecule has 4 nitrogen and oxygen atoms in total. The first-order chi connectivity index (χ1) is 7.97. The van der Waals surface area contributed by atoms with E-state index in [0.717, 1.165) is 15.6 Å². The lowest BCUT2D eigenvalue weighted by Crippen LogP contribution is -2.33. The molecule has 0 N–H and O–H groups in total. The summed E-state index contributed by atoms with van der Waals surface area (Å²) < 4.78 is 32.7. The van der Waals surface area contributed by atoms with Gasteiger partial charge < -0.3 is 9.04 Å². The van der Waals surface area contributed by atoms with Crippen molar-refractivity contribution in [3.05, 3.63) is 29.3 Å². The Kier molecular flexibility index (Phi) is 5.99. The van der Waals surface area contributed by atoms with Gasteiger partial charge in [-0.05, 0) is 44.0 Å². The van der Waals surface area contributed by atoms with Gasteiger partial charge in [0.25, 0.3) is 0 Å². The van der Waals surface area contributed by atoms with E-state index in [1.54, 1.807) is 13.0 Å². The molecule has 0 aliphatic rings. The predicted molar refractivity (Wildman–Crippen MR) is 72.5 cm³/mol. The van der Waals surface area contributed by atoms with E-state index in [0.29, 0.717) is 0 Å². The molecule has 0 fully saturated rings. The van der Waals surface area contributed by atoms with Crippen LogP contribution in [0.15, 0.2) is 23.1 Å². The van der Waals surface area contributed by atoms with Crippen molar-refractivity contribution in [2.45, 2.75) is 25.7 Å². The van der Waals surface area contributed by atoms with Crippen LogP contribution in [0.1, 0.15) is 18.1 Å². The van der Waals surface area contributed by atoms with Crippen molar-refractivity contribution >= 4 is 10.1 Å². The summed E-state index contributed by atoms with van der Waals surface area (Å²) >= 11 is 0. The van der Waals surface area contributed by atoms with Crippen molar-refractivity contribution < 1.29 is 17.5 Å². The summed E-state index contributed by atoms with van der Waals surface area (Å²) in [6, 6.07) is 4.34. The van der Waals surface area contributed by atoms with Gasteiger partial charge in [-0.15, -0.1) is 0 Å². The Labute approximate surface area is 111 Å². The lowest BCUT2D eigenvalue weighted by atomic mass is 10.1. The molecular formula is C13H23NO3S. The third-order valence-electron chi connectivity index (χ3n) is 2.72. The minimum atomic E-state index is -4.29. The van der Waals surface area contributed by atoms with Crippen molar-refractivity contribution in [2.24, 2.45) is 0 Å². The third kappa shape index (κ3) is 6.74. The number of benzene rings is 1. The van der Waals surface area contributed by atoms with Gasteiger partial charge in [-0.1, -0.05) is 6.07 Å². The number of nitrogens with zero attached hydrogens (tertiary/aromatic N) is 1. The van der Waals surface area contributed by atoms with Gasteiger partial charge in [0.1, 0.15) is 10.1 Å². The van der Waals surface area contributed by atoms with E-state index in [1.165, 1.54) is 18.7 Å². The van der Waals surface area contributed by atoms with Crippen LogP contribution in [0.25, 0.3) is 0 Å². The Hall–Kier alpha value is -0.910. The zero-order chi connectivity index (χ0) is 14.6. The van der Waals surface area contributed by atoms with Gasteiger partial charge >= 0.3 is 0 Å². The molecule has 0 amide bonds. The molecule has 0 aliphatic carbocycles. The van der Waals surface area contributed by atoms with E-state index in [2.05, 4.69) is 28.1 Å². The molecule has 0 atom stereocenters. The summed E-state index contributed by atoms with van der Waals surface area (Å²) in [6.45, 7) is 7.01. The molecule has 0 spiro atoms. The largest absolute Gasteiger partial charge is 0.744 e. The number of rotatable bonds is 2. The molecule has 0 saturated carbocycles. The minimum absolute atomic E-state index is 0.161. The smallest absolute Gasteiger partial charge is 0.124 e. The summed E-state index contributed by atoms with van der Waals surface area (Å²) in [4.78, 5) is -0.161. The van der Waals surface area contributed by atoms with Crippen LogP contribution in [-0.4, -0.2) is 45.1 Å². The summed E-state index contributed by atoms with van der Waals surface area (Å²) in [5.41, 5.74) is 1.79. The monoisotopic (exact) mass is 273 g/mol. The number of hydrogen-bond acceptors (Lipinski definition) is 3. The molecule has 0 unspecified atom stereocenters. The van der Waals surface area contributed by atoms with Gasteiger partial charge in [-0.3, -0.25) is 0 Å². The molecule has 1 aromatic carbocycles. The average Bonchev–Trinajstić information content (AvgIpc) is 2.20. The molecule has 0 saturated heterocycles. The maximum Gasteiger partial charge on any atom is 0.124 e. The first kappa shape index (κ1) is 17.1. The topological polar surface area (TPSA) is 57.2 Å².